The van der Waals surface area contributed by atoms with E-state index >= 15 is 0 Å². The number of pyridine rings is 2. The average molecular weight is 416 g/mol. The Labute approximate surface area is 180 Å². The summed E-state index contributed by atoms with van der Waals surface area (Å²) in [6, 6.07) is 11.3. The molecule has 0 bridgehead atoms. The van der Waals surface area contributed by atoms with Gasteiger partial charge >= 0.3 is 0 Å². The van der Waals surface area contributed by atoms with Gasteiger partial charge in [0.1, 0.15) is 6.07 Å². The van der Waals surface area contributed by atoms with Crippen LogP contribution in [0.4, 0.5) is 5.69 Å². The Hall–Kier alpha value is -3.70. The molecule has 2 N–H and O–H groups in total. The molecular weight excluding hydrogens is 392 g/mol. The molecule has 31 heavy (non-hydrogen) atoms. The van der Waals surface area contributed by atoms with E-state index in [0.29, 0.717) is 16.7 Å². The van der Waals surface area contributed by atoms with E-state index < -0.39 is 0 Å². The van der Waals surface area contributed by atoms with Gasteiger partial charge in [0.2, 0.25) is 0 Å². The highest BCUT2D eigenvalue weighted by molar-refractivity contribution is 5.95. The van der Waals surface area contributed by atoms with E-state index in [0.717, 1.165) is 55.0 Å². The van der Waals surface area contributed by atoms with E-state index in [-0.39, 0.29) is 11.5 Å². The van der Waals surface area contributed by atoms with Crippen LogP contribution in [0.5, 0.6) is 0 Å². The molecule has 0 saturated carbocycles. The van der Waals surface area contributed by atoms with Gasteiger partial charge in [-0.05, 0) is 42.8 Å². The van der Waals surface area contributed by atoms with Crippen LogP contribution in [-0.2, 0) is 6.54 Å². The number of fused-ring (bicyclic) bond motifs is 1. The van der Waals surface area contributed by atoms with Crippen molar-refractivity contribution < 1.29 is 4.79 Å². The summed E-state index contributed by atoms with van der Waals surface area (Å²) in [6.07, 6.45) is 1.86. The van der Waals surface area contributed by atoms with Crippen molar-refractivity contribution in [1.82, 2.24) is 20.2 Å². The largest absolute Gasteiger partial charge is 0.368 e. The Bertz CT molecular complexity index is 1240. The number of aromatic nitrogens is 2. The lowest BCUT2D eigenvalue weighted by Gasteiger charge is -2.36. The van der Waals surface area contributed by atoms with Crippen LogP contribution in [0.3, 0.4) is 0 Å². The van der Waals surface area contributed by atoms with E-state index in [1.54, 1.807) is 32.2 Å². The quantitative estimate of drug-likeness (QED) is 0.672. The Kier molecular flexibility index (Phi) is 5.69. The number of amides is 1. The molecule has 4 rings (SSSR count). The zero-order chi connectivity index (χ0) is 22.0. The monoisotopic (exact) mass is 416 g/mol. The molecule has 2 aromatic heterocycles. The summed E-state index contributed by atoms with van der Waals surface area (Å²) in [5.74, 6) is -0.201. The minimum Gasteiger partial charge on any atom is -0.368 e. The summed E-state index contributed by atoms with van der Waals surface area (Å²) in [5.41, 5.74) is 5.01. The molecular formula is C23H24N6O2. The molecule has 8 nitrogen and oxygen atoms in total. The van der Waals surface area contributed by atoms with Crippen LogP contribution in [0.15, 0.2) is 41.3 Å². The number of benzene rings is 1. The molecule has 0 radical (unpaired) electrons. The second kappa shape index (κ2) is 8.58. The smallest absolute Gasteiger partial charge is 0.251 e. The van der Waals surface area contributed by atoms with Gasteiger partial charge in [0, 0.05) is 57.1 Å². The van der Waals surface area contributed by atoms with E-state index in [4.69, 9.17) is 0 Å². The summed E-state index contributed by atoms with van der Waals surface area (Å²) >= 11 is 0. The fourth-order valence-corrected chi connectivity index (χ4v) is 3.90. The molecule has 1 amide bonds. The van der Waals surface area contributed by atoms with Gasteiger partial charge in [0.25, 0.3) is 11.5 Å². The molecule has 0 aliphatic carbocycles. The minimum atomic E-state index is -0.201. The second-order valence-electron chi connectivity index (χ2n) is 7.74. The van der Waals surface area contributed by atoms with Crippen LogP contribution < -0.4 is 15.8 Å². The van der Waals surface area contributed by atoms with Crippen molar-refractivity contribution in [3.05, 3.63) is 69.1 Å². The van der Waals surface area contributed by atoms with Gasteiger partial charge in [-0.15, -0.1) is 0 Å². The number of carbonyl (C=O) groups is 1. The number of nitrogens with one attached hydrogen (secondary N) is 2. The van der Waals surface area contributed by atoms with Gasteiger partial charge in [-0.2, -0.15) is 5.26 Å². The predicted molar refractivity (Wildman–Crippen MR) is 119 cm³/mol. The second-order valence-corrected chi connectivity index (χ2v) is 7.74. The zero-order valence-corrected chi connectivity index (χ0v) is 17.6. The third-order valence-electron chi connectivity index (χ3n) is 5.66. The Morgan fingerprint density at radius 3 is 2.71 bits per heavy atom. The third kappa shape index (κ3) is 4.27. The van der Waals surface area contributed by atoms with Crippen LogP contribution in [0, 0.1) is 18.3 Å². The highest BCUT2D eigenvalue weighted by atomic mass is 16.1. The first-order valence-corrected chi connectivity index (χ1v) is 10.2. The van der Waals surface area contributed by atoms with Gasteiger partial charge in [-0.25, -0.2) is 0 Å². The lowest BCUT2D eigenvalue weighted by Crippen LogP contribution is -2.46. The number of hydrogen-bond acceptors (Lipinski definition) is 6. The fraction of sp³-hybridized carbons (Fsp3) is 0.304. The lowest BCUT2D eigenvalue weighted by atomic mass is 10.1. The topological polar surface area (TPSA) is 105 Å². The number of hydrogen-bond donors (Lipinski definition) is 2. The molecule has 1 aliphatic heterocycles. The van der Waals surface area contributed by atoms with E-state index in [1.807, 2.05) is 18.3 Å². The van der Waals surface area contributed by atoms with Crippen LogP contribution in [0.25, 0.3) is 11.0 Å². The van der Waals surface area contributed by atoms with E-state index in [2.05, 4.69) is 31.2 Å². The molecule has 158 valence electrons. The molecule has 1 saturated heterocycles. The standard InChI is InChI=1S/C23H24N6O2/c1-15-9-19-20(27-22(15)30)10-16(13-26-19)14-28-5-7-29(8-6-28)21-4-3-17(23(31)25-2)11-18(21)12-24/h3-4,9-11,13H,5-8,14H2,1-2H3,(H,25,31)(H,27,30). The van der Waals surface area contributed by atoms with Gasteiger partial charge in [0.15, 0.2) is 0 Å². The molecule has 1 aromatic carbocycles. The molecule has 3 aromatic rings. The summed E-state index contributed by atoms with van der Waals surface area (Å²) in [5, 5.41) is 12.1. The molecule has 3 heterocycles. The zero-order valence-electron chi connectivity index (χ0n) is 17.6. The van der Waals surface area contributed by atoms with Crippen molar-refractivity contribution in [2.75, 3.05) is 38.1 Å². The molecule has 1 aliphatic rings. The maximum absolute atomic E-state index is 11.9. The summed E-state index contributed by atoms with van der Waals surface area (Å²) in [6.45, 7) is 5.76. The molecule has 1 fully saturated rings. The van der Waals surface area contributed by atoms with Gasteiger partial charge in [0.05, 0.1) is 22.3 Å². The summed E-state index contributed by atoms with van der Waals surface area (Å²) in [7, 11) is 1.57. The Morgan fingerprint density at radius 1 is 1.23 bits per heavy atom. The lowest BCUT2D eigenvalue weighted by molar-refractivity contribution is 0.0963. The molecule has 0 unspecified atom stereocenters. The fourth-order valence-electron chi connectivity index (χ4n) is 3.90. The van der Waals surface area contributed by atoms with Crippen molar-refractivity contribution in [3.8, 4) is 6.07 Å². The number of carbonyl (C=O) groups excluding carboxylic acids is 1. The Morgan fingerprint density at radius 2 is 2.00 bits per heavy atom. The van der Waals surface area contributed by atoms with Crippen LogP contribution in [-0.4, -0.2) is 54.0 Å². The van der Waals surface area contributed by atoms with Crippen LogP contribution in [0.2, 0.25) is 0 Å². The first-order valence-electron chi connectivity index (χ1n) is 10.2. The number of nitrogens with zero attached hydrogens (tertiary/aromatic N) is 4. The first kappa shape index (κ1) is 20.6. The third-order valence-corrected chi connectivity index (χ3v) is 5.66. The van der Waals surface area contributed by atoms with Crippen molar-refractivity contribution in [1.29, 1.82) is 5.26 Å². The summed E-state index contributed by atoms with van der Waals surface area (Å²) in [4.78, 5) is 35.6. The normalized spacial score (nSPS) is 14.4. The van der Waals surface area contributed by atoms with E-state index in [9.17, 15) is 14.9 Å². The molecule has 8 heteroatoms. The maximum atomic E-state index is 11.9. The van der Waals surface area contributed by atoms with Gasteiger partial charge in [-0.1, -0.05) is 0 Å². The van der Waals surface area contributed by atoms with Crippen molar-refractivity contribution in [3.63, 3.8) is 0 Å². The number of H-pyrrole nitrogens is 1. The number of rotatable bonds is 4. The number of aromatic amines is 1. The molecule has 0 spiro atoms. The SMILES string of the molecule is CNC(=O)c1ccc(N2CCN(Cc3cnc4cc(C)c(=O)[nH]c4c3)CC2)c(C#N)c1. The van der Waals surface area contributed by atoms with Crippen molar-refractivity contribution in [2.45, 2.75) is 13.5 Å². The van der Waals surface area contributed by atoms with Gasteiger partial charge in [-0.3, -0.25) is 19.5 Å². The van der Waals surface area contributed by atoms with Crippen molar-refractivity contribution >= 4 is 22.6 Å². The Balaban J connectivity index is 1.44. The first-order chi connectivity index (χ1) is 15.0. The van der Waals surface area contributed by atoms with Gasteiger partial charge < -0.3 is 15.2 Å². The van der Waals surface area contributed by atoms with Crippen molar-refractivity contribution in [2.24, 2.45) is 0 Å². The number of aryl methyl sites for hydroxylation is 1. The maximum Gasteiger partial charge on any atom is 0.251 e. The number of anilines is 1. The molecule has 0 atom stereocenters. The van der Waals surface area contributed by atoms with Crippen LogP contribution in [0.1, 0.15) is 27.0 Å². The predicted octanol–water partition coefficient (Wildman–Crippen LogP) is 1.78. The average Bonchev–Trinajstić information content (AvgIpc) is 2.79. The van der Waals surface area contributed by atoms with E-state index in [1.165, 1.54) is 0 Å². The summed E-state index contributed by atoms with van der Waals surface area (Å²) < 4.78 is 0. The highest BCUT2D eigenvalue weighted by Crippen LogP contribution is 2.23. The minimum absolute atomic E-state index is 0.0872. The van der Waals surface area contributed by atoms with Crippen LogP contribution >= 0.6 is 0 Å². The highest BCUT2D eigenvalue weighted by Gasteiger charge is 2.20. The number of piperazine rings is 1. The number of nitriles is 1.